The third-order valence-electron chi connectivity index (χ3n) is 3.53. The van der Waals surface area contributed by atoms with Gasteiger partial charge in [0.2, 0.25) is 0 Å². The van der Waals surface area contributed by atoms with Gasteiger partial charge in [0.1, 0.15) is 18.3 Å². The lowest BCUT2D eigenvalue weighted by Crippen LogP contribution is -2.28. The lowest BCUT2D eigenvalue weighted by atomic mass is 9.88. The molecule has 0 saturated carbocycles. The Kier molecular flexibility index (Phi) is 3.54. The van der Waals surface area contributed by atoms with Crippen LogP contribution in [-0.4, -0.2) is 19.9 Å². The standard InChI is InChI=1S/C17H17N3O/c1-17(21,11-20-13-18-12-19-20)16-10-6-5-9-15(16)14-7-3-2-4-8-14/h2-10,12-13,21H,11H2,1H3. The molecular weight excluding hydrogens is 262 g/mol. The molecule has 4 nitrogen and oxygen atoms in total. The highest BCUT2D eigenvalue weighted by atomic mass is 16.3. The number of benzene rings is 2. The molecule has 1 unspecified atom stereocenters. The topological polar surface area (TPSA) is 50.9 Å². The van der Waals surface area contributed by atoms with Crippen LogP contribution in [-0.2, 0) is 12.1 Å². The van der Waals surface area contributed by atoms with Crippen molar-refractivity contribution >= 4 is 0 Å². The second-order valence-corrected chi connectivity index (χ2v) is 5.28. The van der Waals surface area contributed by atoms with Gasteiger partial charge in [0, 0.05) is 0 Å². The van der Waals surface area contributed by atoms with E-state index in [1.807, 2.05) is 54.6 Å². The van der Waals surface area contributed by atoms with Crippen LogP contribution >= 0.6 is 0 Å². The molecule has 0 aliphatic carbocycles. The lowest BCUT2D eigenvalue weighted by molar-refractivity contribution is 0.0351. The molecule has 1 aromatic heterocycles. The zero-order chi connectivity index (χ0) is 14.7. The molecule has 106 valence electrons. The average molecular weight is 279 g/mol. The maximum Gasteiger partial charge on any atom is 0.137 e. The van der Waals surface area contributed by atoms with Gasteiger partial charge in [0.05, 0.1) is 6.54 Å². The van der Waals surface area contributed by atoms with E-state index in [0.717, 1.165) is 16.7 Å². The molecule has 0 bridgehead atoms. The van der Waals surface area contributed by atoms with Gasteiger partial charge >= 0.3 is 0 Å². The molecule has 0 aliphatic heterocycles. The van der Waals surface area contributed by atoms with Crippen LogP contribution in [0.5, 0.6) is 0 Å². The molecule has 3 rings (SSSR count). The highest BCUT2D eigenvalue weighted by molar-refractivity contribution is 5.68. The third kappa shape index (κ3) is 2.85. The molecule has 0 radical (unpaired) electrons. The molecule has 4 heteroatoms. The van der Waals surface area contributed by atoms with Crippen LogP contribution in [0.15, 0.2) is 67.3 Å². The van der Waals surface area contributed by atoms with Gasteiger partial charge in [-0.3, -0.25) is 0 Å². The minimum Gasteiger partial charge on any atom is -0.383 e. The first kappa shape index (κ1) is 13.5. The lowest BCUT2D eigenvalue weighted by Gasteiger charge is -2.26. The van der Waals surface area contributed by atoms with E-state index >= 15 is 0 Å². The summed E-state index contributed by atoms with van der Waals surface area (Å²) in [4.78, 5) is 3.92. The molecule has 2 aromatic carbocycles. The summed E-state index contributed by atoms with van der Waals surface area (Å²) in [7, 11) is 0. The molecule has 0 aliphatic rings. The van der Waals surface area contributed by atoms with E-state index in [4.69, 9.17) is 0 Å². The summed E-state index contributed by atoms with van der Waals surface area (Å²) >= 11 is 0. The van der Waals surface area contributed by atoms with E-state index < -0.39 is 5.60 Å². The van der Waals surface area contributed by atoms with E-state index in [9.17, 15) is 5.11 Å². The molecule has 0 amide bonds. The van der Waals surface area contributed by atoms with Crippen LogP contribution in [0.1, 0.15) is 12.5 Å². The van der Waals surface area contributed by atoms with E-state index in [-0.39, 0.29) is 0 Å². The van der Waals surface area contributed by atoms with Crippen LogP contribution in [0.25, 0.3) is 11.1 Å². The van der Waals surface area contributed by atoms with E-state index in [1.165, 1.54) is 6.33 Å². The predicted octanol–water partition coefficient (Wildman–Crippen LogP) is 2.85. The Morgan fingerprint density at radius 2 is 1.76 bits per heavy atom. The summed E-state index contributed by atoms with van der Waals surface area (Å²) in [5, 5.41) is 15.0. The number of aliphatic hydroxyl groups is 1. The summed E-state index contributed by atoms with van der Waals surface area (Å²) in [5.41, 5.74) is 1.97. The fourth-order valence-electron chi connectivity index (χ4n) is 2.54. The first-order chi connectivity index (χ1) is 10.2. The van der Waals surface area contributed by atoms with Gasteiger partial charge < -0.3 is 5.11 Å². The highest BCUT2D eigenvalue weighted by Crippen LogP contribution is 2.32. The second kappa shape index (κ2) is 5.50. The maximum atomic E-state index is 10.9. The summed E-state index contributed by atoms with van der Waals surface area (Å²) in [6, 6.07) is 18.0. The Morgan fingerprint density at radius 1 is 1.05 bits per heavy atom. The van der Waals surface area contributed by atoms with Gasteiger partial charge in [-0.1, -0.05) is 54.6 Å². The maximum absolute atomic E-state index is 10.9. The number of aromatic nitrogens is 3. The number of nitrogens with zero attached hydrogens (tertiary/aromatic N) is 3. The molecule has 3 aromatic rings. The van der Waals surface area contributed by atoms with Crippen molar-refractivity contribution in [3.05, 3.63) is 72.8 Å². The Morgan fingerprint density at radius 3 is 2.48 bits per heavy atom. The van der Waals surface area contributed by atoms with Crippen LogP contribution in [0, 0.1) is 0 Å². The molecule has 0 spiro atoms. The Bertz CT molecular complexity index is 706. The summed E-state index contributed by atoms with van der Waals surface area (Å²) in [5.74, 6) is 0. The quantitative estimate of drug-likeness (QED) is 0.799. The van der Waals surface area contributed by atoms with E-state index in [0.29, 0.717) is 6.54 Å². The largest absolute Gasteiger partial charge is 0.383 e. The molecule has 1 atom stereocenters. The van der Waals surface area contributed by atoms with Crippen molar-refractivity contribution in [1.82, 2.24) is 14.8 Å². The number of rotatable bonds is 4. The van der Waals surface area contributed by atoms with Gasteiger partial charge in [-0.2, -0.15) is 5.10 Å². The monoisotopic (exact) mass is 279 g/mol. The zero-order valence-electron chi connectivity index (χ0n) is 11.8. The second-order valence-electron chi connectivity index (χ2n) is 5.28. The first-order valence-corrected chi connectivity index (χ1v) is 6.86. The van der Waals surface area contributed by atoms with Gasteiger partial charge in [-0.15, -0.1) is 0 Å². The molecular formula is C17H17N3O. The summed E-state index contributed by atoms with van der Waals surface area (Å²) in [6.07, 6.45) is 3.08. The van der Waals surface area contributed by atoms with E-state index in [1.54, 1.807) is 17.9 Å². The summed E-state index contributed by atoms with van der Waals surface area (Å²) < 4.78 is 1.64. The number of hydrogen-bond acceptors (Lipinski definition) is 3. The Balaban J connectivity index is 2.02. The van der Waals surface area contributed by atoms with Crippen LogP contribution in [0.3, 0.4) is 0 Å². The molecule has 1 N–H and O–H groups in total. The smallest absolute Gasteiger partial charge is 0.137 e. The third-order valence-corrected chi connectivity index (χ3v) is 3.53. The first-order valence-electron chi connectivity index (χ1n) is 6.86. The Labute approximate surface area is 123 Å². The molecule has 21 heavy (non-hydrogen) atoms. The van der Waals surface area contributed by atoms with Crippen molar-refractivity contribution in [3.8, 4) is 11.1 Å². The normalized spacial score (nSPS) is 13.8. The van der Waals surface area contributed by atoms with Crippen molar-refractivity contribution in [2.24, 2.45) is 0 Å². The van der Waals surface area contributed by atoms with Crippen LogP contribution < -0.4 is 0 Å². The van der Waals surface area contributed by atoms with Crippen molar-refractivity contribution in [2.45, 2.75) is 19.1 Å². The average Bonchev–Trinajstić information content (AvgIpc) is 3.00. The van der Waals surface area contributed by atoms with Gasteiger partial charge in [-0.05, 0) is 23.6 Å². The SMILES string of the molecule is CC(O)(Cn1cncn1)c1ccccc1-c1ccccc1. The van der Waals surface area contributed by atoms with Crippen molar-refractivity contribution in [1.29, 1.82) is 0 Å². The Hall–Kier alpha value is -2.46. The highest BCUT2D eigenvalue weighted by Gasteiger charge is 2.27. The molecule has 0 fully saturated rings. The predicted molar refractivity (Wildman–Crippen MR) is 81.5 cm³/mol. The fraction of sp³-hybridized carbons (Fsp3) is 0.176. The fourth-order valence-corrected chi connectivity index (χ4v) is 2.54. The summed E-state index contributed by atoms with van der Waals surface area (Å²) in [6.45, 7) is 2.16. The molecule has 0 saturated heterocycles. The van der Waals surface area contributed by atoms with Crippen molar-refractivity contribution < 1.29 is 5.11 Å². The number of hydrogen-bond donors (Lipinski definition) is 1. The minimum absolute atomic E-state index is 0.358. The minimum atomic E-state index is -1.03. The van der Waals surface area contributed by atoms with Gasteiger partial charge in [-0.25, -0.2) is 9.67 Å². The van der Waals surface area contributed by atoms with Crippen LogP contribution in [0.2, 0.25) is 0 Å². The van der Waals surface area contributed by atoms with Crippen molar-refractivity contribution in [3.63, 3.8) is 0 Å². The van der Waals surface area contributed by atoms with Gasteiger partial charge in [0.15, 0.2) is 0 Å². The van der Waals surface area contributed by atoms with E-state index in [2.05, 4.69) is 10.1 Å². The zero-order valence-corrected chi connectivity index (χ0v) is 11.8. The van der Waals surface area contributed by atoms with Gasteiger partial charge in [0.25, 0.3) is 0 Å². The molecule has 1 heterocycles. The van der Waals surface area contributed by atoms with Crippen LogP contribution in [0.4, 0.5) is 0 Å². The van der Waals surface area contributed by atoms with Crippen molar-refractivity contribution in [2.75, 3.05) is 0 Å².